The molecule has 1 heterocycles. The van der Waals surface area contributed by atoms with Gasteiger partial charge in [0.05, 0.1) is 11.5 Å². The van der Waals surface area contributed by atoms with Crippen molar-refractivity contribution in [3.8, 4) is 11.5 Å². The van der Waals surface area contributed by atoms with E-state index in [-0.39, 0.29) is 5.60 Å². The summed E-state index contributed by atoms with van der Waals surface area (Å²) in [6.45, 7) is 6.93. The molecule has 0 fully saturated rings. The molecule has 1 aliphatic rings. The number of hydrogen-bond donors (Lipinski definition) is 0. The molecular formula is C21H27NO4S. The SMILES string of the molecule is CCOc1ccc(CN(C)S(=O)(=O)c2ccc3c(c2)CCC(C)(C)O3)cc1. The fourth-order valence-electron chi connectivity index (χ4n) is 3.18. The lowest BCUT2D eigenvalue weighted by Gasteiger charge is -2.32. The van der Waals surface area contributed by atoms with Crippen molar-refractivity contribution in [1.82, 2.24) is 4.31 Å². The molecular weight excluding hydrogens is 362 g/mol. The maximum Gasteiger partial charge on any atom is 0.243 e. The van der Waals surface area contributed by atoms with E-state index in [2.05, 4.69) is 0 Å². The Hall–Kier alpha value is -2.05. The zero-order valence-corrected chi connectivity index (χ0v) is 17.2. The van der Waals surface area contributed by atoms with Crippen molar-refractivity contribution in [3.05, 3.63) is 53.6 Å². The number of benzene rings is 2. The van der Waals surface area contributed by atoms with Crippen molar-refractivity contribution in [2.75, 3.05) is 13.7 Å². The maximum absolute atomic E-state index is 13.0. The number of nitrogens with zero attached hydrogens (tertiary/aromatic N) is 1. The van der Waals surface area contributed by atoms with Gasteiger partial charge in [0.1, 0.15) is 17.1 Å². The van der Waals surface area contributed by atoms with E-state index in [4.69, 9.17) is 9.47 Å². The van der Waals surface area contributed by atoms with Gasteiger partial charge in [0.25, 0.3) is 0 Å². The van der Waals surface area contributed by atoms with Crippen LogP contribution >= 0.6 is 0 Å². The van der Waals surface area contributed by atoms with Crippen LogP contribution in [0.3, 0.4) is 0 Å². The third-order valence-corrected chi connectivity index (χ3v) is 6.56. The molecule has 5 nitrogen and oxygen atoms in total. The van der Waals surface area contributed by atoms with E-state index in [9.17, 15) is 8.42 Å². The van der Waals surface area contributed by atoms with Gasteiger partial charge in [-0.15, -0.1) is 0 Å². The topological polar surface area (TPSA) is 55.8 Å². The summed E-state index contributed by atoms with van der Waals surface area (Å²) in [5, 5.41) is 0. The quantitative estimate of drug-likeness (QED) is 0.749. The number of ether oxygens (including phenoxy) is 2. The molecule has 0 atom stereocenters. The molecule has 0 amide bonds. The Morgan fingerprint density at radius 3 is 2.52 bits per heavy atom. The number of rotatable bonds is 6. The minimum atomic E-state index is -3.57. The van der Waals surface area contributed by atoms with Crippen LogP contribution in [0.2, 0.25) is 0 Å². The lowest BCUT2D eigenvalue weighted by atomic mass is 9.94. The first-order valence-electron chi connectivity index (χ1n) is 9.21. The van der Waals surface area contributed by atoms with E-state index in [1.165, 1.54) is 4.31 Å². The summed E-state index contributed by atoms with van der Waals surface area (Å²) in [7, 11) is -1.97. The lowest BCUT2D eigenvalue weighted by molar-refractivity contribution is 0.0845. The molecule has 0 spiro atoms. The summed E-state index contributed by atoms with van der Waals surface area (Å²) in [5.41, 5.74) is 1.65. The molecule has 2 aromatic carbocycles. The van der Waals surface area contributed by atoms with E-state index in [1.807, 2.05) is 45.0 Å². The van der Waals surface area contributed by atoms with E-state index in [1.54, 1.807) is 25.2 Å². The highest BCUT2D eigenvalue weighted by atomic mass is 32.2. The van der Waals surface area contributed by atoms with Crippen LogP contribution in [-0.4, -0.2) is 32.0 Å². The van der Waals surface area contributed by atoms with Crippen LogP contribution in [0.15, 0.2) is 47.4 Å². The molecule has 3 rings (SSSR count). The molecule has 0 aliphatic carbocycles. The van der Waals surface area contributed by atoms with E-state index in [0.29, 0.717) is 18.0 Å². The average molecular weight is 390 g/mol. The second-order valence-corrected chi connectivity index (χ2v) is 9.51. The molecule has 6 heteroatoms. The molecule has 0 unspecified atom stereocenters. The molecule has 0 radical (unpaired) electrons. The normalized spacial score (nSPS) is 15.9. The Balaban J connectivity index is 1.77. The van der Waals surface area contributed by atoms with Crippen LogP contribution in [0.4, 0.5) is 0 Å². The minimum Gasteiger partial charge on any atom is -0.494 e. The van der Waals surface area contributed by atoms with Crippen LogP contribution in [0, 0.1) is 0 Å². The third-order valence-electron chi connectivity index (χ3n) is 4.76. The molecule has 0 aromatic heterocycles. The van der Waals surface area contributed by atoms with Gasteiger partial charge in [-0.1, -0.05) is 12.1 Å². The van der Waals surface area contributed by atoms with Crippen molar-refractivity contribution < 1.29 is 17.9 Å². The first-order valence-corrected chi connectivity index (χ1v) is 10.7. The summed E-state index contributed by atoms with van der Waals surface area (Å²) in [4.78, 5) is 0.304. The van der Waals surface area contributed by atoms with Crippen molar-refractivity contribution in [2.45, 2.75) is 50.7 Å². The van der Waals surface area contributed by atoms with Crippen molar-refractivity contribution in [2.24, 2.45) is 0 Å². The Morgan fingerprint density at radius 2 is 1.85 bits per heavy atom. The second-order valence-electron chi connectivity index (χ2n) is 7.47. The Labute approximate surface area is 162 Å². The third kappa shape index (κ3) is 4.45. The number of fused-ring (bicyclic) bond motifs is 1. The molecule has 0 bridgehead atoms. The van der Waals surface area contributed by atoms with Gasteiger partial charge in [-0.2, -0.15) is 4.31 Å². The molecule has 2 aromatic rings. The highest BCUT2D eigenvalue weighted by Gasteiger charge is 2.28. The largest absolute Gasteiger partial charge is 0.494 e. The van der Waals surface area contributed by atoms with Crippen LogP contribution in [0.1, 0.15) is 38.3 Å². The van der Waals surface area contributed by atoms with Gasteiger partial charge in [-0.3, -0.25) is 0 Å². The minimum absolute atomic E-state index is 0.210. The van der Waals surface area contributed by atoms with Crippen molar-refractivity contribution in [3.63, 3.8) is 0 Å². The highest BCUT2D eigenvalue weighted by molar-refractivity contribution is 7.89. The summed E-state index contributed by atoms with van der Waals surface area (Å²) < 4.78 is 38.7. The van der Waals surface area contributed by atoms with Crippen molar-refractivity contribution in [1.29, 1.82) is 0 Å². The van der Waals surface area contributed by atoms with E-state index in [0.717, 1.165) is 35.5 Å². The maximum atomic E-state index is 13.0. The average Bonchev–Trinajstić information content (AvgIpc) is 2.62. The molecule has 146 valence electrons. The predicted molar refractivity (Wildman–Crippen MR) is 106 cm³/mol. The standard InChI is InChI=1S/C21H27NO4S/c1-5-25-18-8-6-16(7-9-18)15-22(4)27(23,24)19-10-11-20-17(14-19)12-13-21(2,3)26-20/h6-11,14H,5,12-13,15H2,1-4H3. The smallest absolute Gasteiger partial charge is 0.243 e. The van der Waals surface area contributed by atoms with Gasteiger partial charge in [0.15, 0.2) is 0 Å². The zero-order valence-electron chi connectivity index (χ0n) is 16.4. The fraction of sp³-hybridized carbons (Fsp3) is 0.429. The highest BCUT2D eigenvalue weighted by Crippen LogP contribution is 2.34. The van der Waals surface area contributed by atoms with Crippen LogP contribution < -0.4 is 9.47 Å². The van der Waals surface area contributed by atoms with Crippen LogP contribution in [0.5, 0.6) is 11.5 Å². The molecule has 0 saturated carbocycles. The number of sulfonamides is 1. The Kier molecular flexibility index (Phi) is 5.49. The Bertz CT molecular complexity index is 904. The summed E-state index contributed by atoms with van der Waals surface area (Å²) in [6, 6.07) is 12.6. The number of hydrogen-bond acceptors (Lipinski definition) is 4. The van der Waals surface area contributed by atoms with Gasteiger partial charge in [-0.25, -0.2) is 8.42 Å². The first kappa shape index (κ1) is 19.7. The summed E-state index contributed by atoms with van der Waals surface area (Å²) in [5.74, 6) is 1.56. The van der Waals surface area contributed by atoms with E-state index >= 15 is 0 Å². The molecule has 0 N–H and O–H groups in total. The molecule has 0 saturated heterocycles. The van der Waals surface area contributed by atoms with Gasteiger partial charge in [0.2, 0.25) is 10.0 Å². The molecule has 27 heavy (non-hydrogen) atoms. The summed E-state index contributed by atoms with van der Waals surface area (Å²) in [6.07, 6.45) is 1.68. The first-order chi connectivity index (χ1) is 12.7. The predicted octanol–water partition coefficient (Wildman–Crippen LogP) is 4.01. The van der Waals surface area contributed by atoms with Crippen LogP contribution in [0.25, 0.3) is 0 Å². The van der Waals surface area contributed by atoms with Gasteiger partial charge >= 0.3 is 0 Å². The van der Waals surface area contributed by atoms with Crippen molar-refractivity contribution >= 4 is 10.0 Å². The van der Waals surface area contributed by atoms with Gasteiger partial charge in [0, 0.05) is 13.6 Å². The van der Waals surface area contributed by atoms with Gasteiger partial charge in [-0.05, 0) is 75.1 Å². The second kappa shape index (κ2) is 7.52. The Morgan fingerprint density at radius 1 is 1.15 bits per heavy atom. The molecule has 1 aliphatic heterocycles. The van der Waals surface area contributed by atoms with E-state index < -0.39 is 10.0 Å². The van der Waals surface area contributed by atoms with Crippen LogP contribution in [-0.2, 0) is 23.0 Å². The monoisotopic (exact) mass is 389 g/mol. The van der Waals surface area contributed by atoms with Gasteiger partial charge < -0.3 is 9.47 Å². The summed E-state index contributed by atoms with van der Waals surface area (Å²) >= 11 is 0. The fourth-order valence-corrected chi connectivity index (χ4v) is 4.39. The lowest BCUT2D eigenvalue weighted by Crippen LogP contribution is -2.33. The zero-order chi connectivity index (χ0) is 19.7. The number of aryl methyl sites for hydroxylation is 1.